The number of amides is 1. The Labute approximate surface area is 392 Å². The molecule has 2 aliphatic heterocycles. The third kappa shape index (κ3) is 27.6. The number of carboxylic acid groups (broad SMARTS) is 1. The van der Waals surface area contributed by atoms with Crippen molar-refractivity contribution < 1.29 is 49.0 Å². The van der Waals surface area contributed by atoms with Crippen LogP contribution in [-0.4, -0.2) is 187 Å². The summed E-state index contributed by atoms with van der Waals surface area (Å²) in [6, 6.07) is -0.739. The predicted octanol–water partition coefficient (Wildman–Crippen LogP) is 6.21. The number of hydrogen-bond donors (Lipinski definition) is 5. The summed E-state index contributed by atoms with van der Waals surface area (Å²) in [5.41, 5.74) is -2.10. The summed E-state index contributed by atoms with van der Waals surface area (Å²) in [7, 11) is 5.07. The van der Waals surface area contributed by atoms with Gasteiger partial charge in [0.15, 0.2) is 6.29 Å². The Balaban J connectivity index is -0.00000124. The van der Waals surface area contributed by atoms with Gasteiger partial charge in [-0.15, -0.1) is 0 Å². The minimum absolute atomic E-state index is 0.0108. The molecular weight excluding hydrogens is 819 g/mol. The molecule has 1 amide bonds. The van der Waals surface area contributed by atoms with Crippen molar-refractivity contribution in [2.45, 2.75) is 185 Å². The van der Waals surface area contributed by atoms with Gasteiger partial charge in [-0.1, -0.05) is 82.6 Å². The third-order valence-electron chi connectivity index (χ3n) is 12.1. The quantitative estimate of drug-likeness (QED) is 0.0772. The molecule has 2 saturated heterocycles. The zero-order valence-corrected chi connectivity index (χ0v) is 44.4. The van der Waals surface area contributed by atoms with E-state index in [-0.39, 0.29) is 48.4 Å². The summed E-state index contributed by atoms with van der Waals surface area (Å²) in [6.07, 6.45) is 3.12. The largest absolute Gasteiger partial charge is 0.481 e. The molecule has 0 spiro atoms. The Morgan fingerprint density at radius 3 is 1.92 bits per heavy atom. The molecule has 2 heterocycles. The number of piperazine rings is 1. The van der Waals surface area contributed by atoms with E-state index in [2.05, 4.69) is 59.5 Å². The normalized spacial score (nSPS) is 28.4. The highest BCUT2D eigenvalue weighted by molar-refractivity contribution is 5.78. The molecule has 0 radical (unpaired) electrons. The number of cyclic esters (lactones) is 1. The summed E-state index contributed by atoms with van der Waals surface area (Å²) in [5, 5.41) is 40.1. The van der Waals surface area contributed by atoms with Crippen LogP contribution in [0.3, 0.4) is 0 Å². The smallest absolute Gasteiger partial charge is 0.308 e. The van der Waals surface area contributed by atoms with E-state index in [4.69, 9.17) is 24.4 Å². The van der Waals surface area contributed by atoms with Gasteiger partial charge >= 0.3 is 11.9 Å². The maximum Gasteiger partial charge on any atom is 0.308 e. The molecule has 5 unspecified atom stereocenters. The number of ether oxygens (including phenoxy) is 3. The minimum Gasteiger partial charge on any atom is -0.481 e. The molecule has 0 aliphatic carbocycles. The number of carbonyl (C=O) groups excluding carboxylic acids is 2. The van der Waals surface area contributed by atoms with E-state index in [1.165, 1.54) is 26.4 Å². The molecule has 0 saturated carbocycles. The summed E-state index contributed by atoms with van der Waals surface area (Å²) in [4.78, 5) is 46.0. The van der Waals surface area contributed by atoms with Crippen molar-refractivity contribution in [1.82, 2.24) is 24.9 Å². The van der Waals surface area contributed by atoms with Crippen LogP contribution in [0, 0.1) is 23.2 Å². The number of hydrogen-bond acceptors (Lipinski definition) is 13. The van der Waals surface area contributed by atoms with Crippen molar-refractivity contribution in [3.63, 3.8) is 0 Å². The zero-order valence-electron chi connectivity index (χ0n) is 44.4. The number of aliphatic hydroxyl groups is 3. The number of rotatable bonds is 18. The molecule has 2 rings (SSSR count). The first-order valence-electron chi connectivity index (χ1n) is 24.7. The molecular formula is C49H103N5O10. The van der Waals surface area contributed by atoms with Crippen LogP contribution < -0.4 is 5.32 Å². The first-order chi connectivity index (χ1) is 30.1. The highest BCUT2D eigenvalue weighted by atomic mass is 16.7. The van der Waals surface area contributed by atoms with Gasteiger partial charge in [0.05, 0.1) is 30.6 Å². The summed E-state index contributed by atoms with van der Waals surface area (Å²) in [5.74, 6) is -2.19. The third-order valence-corrected chi connectivity index (χ3v) is 12.1. The van der Waals surface area contributed by atoms with E-state index in [1.807, 2.05) is 69.5 Å². The highest BCUT2D eigenvalue weighted by Gasteiger charge is 2.44. The van der Waals surface area contributed by atoms with Crippen molar-refractivity contribution in [3.8, 4) is 0 Å². The Hall–Kier alpha value is -1.95. The fourth-order valence-corrected chi connectivity index (χ4v) is 8.54. The van der Waals surface area contributed by atoms with Gasteiger partial charge in [-0.25, -0.2) is 0 Å². The molecule has 0 aromatic rings. The van der Waals surface area contributed by atoms with Gasteiger partial charge in [-0.3, -0.25) is 14.4 Å². The van der Waals surface area contributed by atoms with Gasteiger partial charge in [0.2, 0.25) is 5.91 Å². The number of nitrogens with zero attached hydrogens (tertiary/aromatic N) is 4. The molecule has 15 nitrogen and oxygen atoms in total. The SMILES string of the molecule is CC.CC.CCC[C@]1(C)C[C@@H](C)C(=O)NC(C)C(O)[C@](C)(O)COC(=O)C(C)C[C@H](C)[C@H]1OC(C)OC(C)CCN(C)C.CCN(CC)CCCN1CCN(CCC(=O)O)CC1.CO. The average molecular weight is 922 g/mol. The maximum absolute atomic E-state index is 13.2. The van der Waals surface area contributed by atoms with Crippen molar-refractivity contribution in [3.05, 3.63) is 0 Å². The lowest BCUT2D eigenvalue weighted by Crippen LogP contribution is -2.55. The first kappa shape index (κ1) is 66.3. The van der Waals surface area contributed by atoms with Gasteiger partial charge in [0, 0.05) is 45.8 Å². The van der Waals surface area contributed by atoms with Gasteiger partial charge in [-0.05, 0) is 118 Å². The minimum atomic E-state index is -1.71. The molecule has 2 aliphatic rings. The van der Waals surface area contributed by atoms with Gasteiger partial charge in [-0.2, -0.15) is 0 Å². The van der Waals surface area contributed by atoms with E-state index in [9.17, 15) is 24.6 Å². The Bertz CT molecular complexity index is 1170. The van der Waals surface area contributed by atoms with Crippen LogP contribution in [0.5, 0.6) is 0 Å². The van der Waals surface area contributed by atoms with Crippen LogP contribution in [0.25, 0.3) is 0 Å². The van der Waals surface area contributed by atoms with Crippen LogP contribution in [0.4, 0.5) is 0 Å². The van der Waals surface area contributed by atoms with Crippen LogP contribution in [0.2, 0.25) is 0 Å². The molecule has 0 bridgehead atoms. The molecule has 15 heteroatoms. The highest BCUT2D eigenvalue weighted by Crippen LogP contribution is 2.42. The second kappa shape index (κ2) is 37.1. The fraction of sp³-hybridized carbons (Fsp3) is 0.939. The van der Waals surface area contributed by atoms with Crippen molar-refractivity contribution >= 4 is 17.8 Å². The molecule has 64 heavy (non-hydrogen) atoms. The lowest BCUT2D eigenvalue weighted by Gasteiger charge is -2.44. The number of carbonyl (C=O) groups is 3. The van der Waals surface area contributed by atoms with Crippen LogP contribution >= 0.6 is 0 Å². The molecule has 384 valence electrons. The lowest BCUT2D eigenvalue weighted by atomic mass is 9.68. The lowest BCUT2D eigenvalue weighted by molar-refractivity contribution is -0.221. The number of aliphatic carboxylic acids is 1. The Kier molecular flexibility index (Phi) is 38.4. The standard InChI is InChI=1S/C30H58N2O7.C14H29N3O2.2C2H6.CH4O/c1-12-14-29(8)17-21(4)27(34)31-23(6)25(33)30(9,36)18-37-28(35)20(3)16-19(2)26(29)39-24(7)38-22(5)13-15-32(10)11;1-3-15(4-2)7-5-8-16-10-12-17(13-11-16)9-6-14(18)19;3*1-2/h19-26,33,36H,12-18H2,1-11H3,(H,31,34);3-13H2,1-2H3,(H,18,19);2*1-2H3;2H,1H3/t19-,20?,21+,22?,23?,24?,25?,26+,29+,30+;;;;/m0..../s1. The van der Waals surface area contributed by atoms with E-state index < -0.39 is 41.9 Å². The van der Waals surface area contributed by atoms with Crippen molar-refractivity contribution in [2.75, 3.05) is 93.3 Å². The zero-order chi connectivity index (χ0) is 50.2. The van der Waals surface area contributed by atoms with Gasteiger partial charge in [0.1, 0.15) is 18.3 Å². The fourth-order valence-electron chi connectivity index (χ4n) is 8.54. The van der Waals surface area contributed by atoms with Crippen molar-refractivity contribution in [1.29, 1.82) is 0 Å². The molecule has 10 atom stereocenters. The van der Waals surface area contributed by atoms with E-state index in [0.717, 1.165) is 72.2 Å². The average Bonchev–Trinajstić information content (AvgIpc) is 3.26. The number of esters is 1. The Morgan fingerprint density at radius 2 is 1.44 bits per heavy atom. The molecule has 5 N–H and O–H groups in total. The Morgan fingerprint density at radius 1 is 0.906 bits per heavy atom. The molecule has 2 fully saturated rings. The van der Waals surface area contributed by atoms with Crippen molar-refractivity contribution in [2.24, 2.45) is 23.2 Å². The summed E-state index contributed by atoms with van der Waals surface area (Å²) >= 11 is 0. The van der Waals surface area contributed by atoms with Crippen LogP contribution in [0.1, 0.15) is 149 Å². The maximum atomic E-state index is 13.2. The van der Waals surface area contributed by atoms with E-state index in [0.29, 0.717) is 19.4 Å². The van der Waals surface area contributed by atoms with Crippen LogP contribution in [-0.2, 0) is 28.6 Å². The molecule has 0 aromatic heterocycles. The van der Waals surface area contributed by atoms with Gasteiger partial charge < -0.3 is 59.6 Å². The predicted molar refractivity (Wildman–Crippen MR) is 261 cm³/mol. The second-order valence-electron chi connectivity index (χ2n) is 18.2. The molecule has 0 aromatic carbocycles. The topological polar surface area (TPSA) is 185 Å². The van der Waals surface area contributed by atoms with Gasteiger partial charge in [0.25, 0.3) is 0 Å². The first-order valence-corrected chi connectivity index (χ1v) is 24.7. The number of nitrogens with one attached hydrogen (secondary N) is 1. The summed E-state index contributed by atoms with van der Waals surface area (Å²) < 4.78 is 18.3. The van der Waals surface area contributed by atoms with Crippen LogP contribution in [0.15, 0.2) is 0 Å². The number of aliphatic hydroxyl groups excluding tert-OH is 2. The van der Waals surface area contributed by atoms with E-state index in [1.54, 1.807) is 6.92 Å². The monoisotopic (exact) mass is 922 g/mol. The number of carboxylic acids is 1. The summed E-state index contributed by atoms with van der Waals surface area (Å²) in [6.45, 7) is 39.6. The van der Waals surface area contributed by atoms with E-state index >= 15 is 0 Å². The second-order valence-corrected chi connectivity index (χ2v) is 18.2.